The Morgan fingerprint density at radius 2 is 2.08 bits per heavy atom. The van der Waals surface area contributed by atoms with Gasteiger partial charge in [-0.15, -0.1) is 11.3 Å². The number of nitrogens with zero attached hydrogens (tertiary/aromatic N) is 2. The molecule has 0 bridgehead atoms. The first-order valence-corrected chi connectivity index (χ1v) is 9.73. The van der Waals surface area contributed by atoms with Crippen LogP contribution in [-0.2, 0) is 21.2 Å². The van der Waals surface area contributed by atoms with Crippen LogP contribution in [0.3, 0.4) is 0 Å². The Labute approximate surface area is 142 Å². The van der Waals surface area contributed by atoms with E-state index in [1.54, 1.807) is 17.6 Å². The van der Waals surface area contributed by atoms with Crippen molar-refractivity contribution in [3.8, 4) is 0 Å². The molecule has 0 saturated heterocycles. The molecule has 24 heavy (non-hydrogen) atoms. The Balaban J connectivity index is 1.71. The average Bonchev–Trinajstić information content (AvgIpc) is 2.92. The third-order valence-electron chi connectivity index (χ3n) is 3.09. The molecule has 0 fully saturated rings. The fourth-order valence-corrected chi connectivity index (χ4v) is 3.73. The summed E-state index contributed by atoms with van der Waals surface area (Å²) in [4.78, 5) is 20.6. The van der Waals surface area contributed by atoms with Crippen LogP contribution >= 0.6 is 11.3 Å². The van der Waals surface area contributed by atoms with Gasteiger partial charge in [-0.2, -0.15) is 0 Å². The molecule has 0 radical (unpaired) electrons. The van der Waals surface area contributed by atoms with Gasteiger partial charge in [0.1, 0.15) is 0 Å². The Kier molecular flexibility index (Phi) is 4.45. The van der Waals surface area contributed by atoms with E-state index in [9.17, 15) is 13.2 Å². The number of aromatic nitrogens is 2. The van der Waals surface area contributed by atoms with Crippen LogP contribution in [0.25, 0.3) is 10.9 Å². The molecule has 9 heteroatoms. The summed E-state index contributed by atoms with van der Waals surface area (Å²) in [5.41, 5.74) is 1.97. The minimum atomic E-state index is -3.37. The maximum Gasteiger partial charge on any atom is 0.231 e. The summed E-state index contributed by atoms with van der Waals surface area (Å²) in [7, 11) is -3.37. The maximum absolute atomic E-state index is 12.2. The Morgan fingerprint density at radius 3 is 2.88 bits per heavy atom. The summed E-state index contributed by atoms with van der Waals surface area (Å²) < 4.78 is 24.6. The van der Waals surface area contributed by atoms with Crippen LogP contribution in [0.5, 0.6) is 0 Å². The molecule has 3 aromatic rings. The highest BCUT2D eigenvalue weighted by Gasteiger charge is 2.11. The second-order valence-electron chi connectivity index (χ2n) is 5.12. The predicted molar refractivity (Wildman–Crippen MR) is 94.7 cm³/mol. The molecule has 3 rings (SSSR count). The molecule has 0 aliphatic heterocycles. The molecule has 124 valence electrons. The number of thiazole rings is 1. The number of sulfonamides is 1. The Hall–Kier alpha value is -2.52. The zero-order valence-electron chi connectivity index (χ0n) is 12.7. The van der Waals surface area contributed by atoms with Gasteiger partial charge in [-0.05, 0) is 24.3 Å². The molecular weight excluding hydrogens is 348 g/mol. The standard InChI is InChI=1S/C15H14N4O3S2/c1-24(21,22)19-15-17-10(9-23-15)8-14(20)18-13-6-2-5-12-11(13)4-3-7-16-12/h2-7,9H,8H2,1H3,(H,17,19)(H,18,20). The normalized spacial score (nSPS) is 11.4. The topological polar surface area (TPSA) is 101 Å². The Bertz CT molecular complexity index is 993. The molecule has 0 unspecified atom stereocenters. The molecule has 0 spiro atoms. The highest BCUT2D eigenvalue weighted by Crippen LogP contribution is 2.22. The Morgan fingerprint density at radius 1 is 1.25 bits per heavy atom. The van der Waals surface area contributed by atoms with E-state index in [1.165, 1.54) is 0 Å². The maximum atomic E-state index is 12.2. The van der Waals surface area contributed by atoms with Crippen molar-refractivity contribution in [2.75, 3.05) is 16.3 Å². The number of benzene rings is 1. The van der Waals surface area contributed by atoms with Gasteiger partial charge in [-0.3, -0.25) is 14.5 Å². The number of fused-ring (bicyclic) bond motifs is 1. The molecule has 2 aromatic heterocycles. The predicted octanol–water partition coefficient (Wildman–Crippen LogP) is 2.24. The van der Waals surface area contributed by atoms with Gasteiger partial charge in [0.2, 0.25) is 15.9 Å². The smallest absolute Gasteiger partial charge is 0.231 e. The van der Waals surface area contributed by atoms with Crippen LogP contribution in [0.15, 0.2) is 41.9 Å². The fourth-order valence-electron chi connectivity index (χ4n) is 2.16. The van der Waals surface area contributed by atoms with Crippen LogP contribution in [0.4, 0.5) is 10.8 Å². The number of nitrogens with one attached hydrogen (secondary N) is 2. The molecular formula is C15H14N4O3S2. The number of anilines is 2. The largest absolute Gasteiger partial charge is 0.325 e. The van der Waals surface area contributed by atoms with Crippen molar-refractivity contribution in [1.82, 2.24) is 9.97 Å². The lowest BCUT2D eigenvalue weighted by Gasteiger charge is -2.07. The molecule has 0 atom stereocenters. The zero-order valence-corrected chi connectivity index (χ0v) is 14.3. The quantitative estimate of drug-likeness (QED) is 0.725. The van der Waals surface area contributed by atoms with E-state index in [0.717, 1.165) is 28.5 Å². The van der Waals surface area contributed by atoms with Crippen molar-refractivity contribution in [1.29, 1.82) is 0 Å². The second-order valence-corrected chi connectivity index (χ2v) is 7.73. The van der Waals surface area contributed by atoms with Gasteiger partial charge in [0.05, 0.1) is 29.6 Å². The summed E-state index contributed by atoms with van der Waals surface area (Å²) in [6, 6.07) is 9.19. The van der Waals surface area contributed by atoms with E-state index in [0.29, 0.717) is 11.4 Å². The summed E-state index contributed by atoms with van der Waals surface area (Å²) >= 11 is 1.14. The molecule has 0 aliphatic rings. The third-order valence-corrected chi connectivity index (χ3v) is 4.59. The van der Waals surface area contributed by atoms with E-state index in [4.69, 9.17) is 0 Å². The van der Waals surface area contributed by atoms with Gasteiger partial charge >= 0.3 is 0 Å². The first-order chi connectivity index (χ1) is 11.4. The van der Waals surface area contributed by atoms with Gasteiger partial charge in [-0.25, -0.2) is 13.4 Å². The second kappa shape index (κ2) is 6.54. The van der Waals surface area contributed by atoms with Crippen molar-refractivity contribution in [2.24, 2.45) is 0 Å². The average molecular weight is 362 g/mol. The van der Waals surface area contributed by atoms with Gasteiger partial charge in [0, 0.05) is 17.0 Å². The zero-order chi connectivity index (χ0) is 17.2. The van der Waals surface area contributed by atoms with Crippen LogP contribution < -0.4 is 10.0 Å². The fraction of sp³-hybridized carbons (Fsp3) is 0.133. The summed E-state index contributed by atoms with van der Waals surface area (Å²) in [6.45, 7) is 0. The van der Waals surface area contributed by atoms with E-state index < -0.39 is 10.0 Å². The molecule has 0 aliphatic carbocycles. The van der Waals surface area contributed by atoms with Gasteiger partial charge < -0.3 is 5.32 Å². The highest BCUT2D eigenvalue weighted by atomic mass is 32.2. The summed E-state index contributed by atoms with van der Waals surface area (Å²) in [5.74, 6) is -0.234. The summed E-state index contributed by atoms with van der Waals surface area (Å²) in [5, 5.41) is 5.59. The van der Waals surface area contributed by atoms with Gasteiger partial charge in [0.15, 0.2) is 5.13 Å². The monoisotopic (exact) mass is 362 g/mol. The number of amides is 1. The highest BCUT2D eigenvalue weighted by molar-refractivity contribution is 7.92. The van der Waals surface area contributed by atoms with Crippen LogP contribution in [0.1, 0.15) is 5.69 Å². The van der Waals surface area contributed by atoms with E-state index >= 15 is 0 Å². The third kappa shape index (κ3) is 4.06. The molecule has 2 heterocycles. The first kappa shape index (κ1) is 16.3. The summed E-state index contributed by atoms with van der Waals surface area (Å²) in [6.07, 6.45) is 2.80. The SMILES string of the molecule is CS(=O)(=O)Nc1nc(CC(=O)Nc2cccc3ncccc23)cs1. The lowest BCUT2D eigenvalue weighted by atomic mass is 10.2. The van der Waals surface area contributed by atoms with E-state index in [1.807, 2.05) is 24.3 Å². The number of carbonyl (C=O) groups is 1. The molecule has 1 amide bonds. The number of pyridine rings is 1. The van der Waals surface area contributed by atoms with E-state index in [2.05, 4.69) is 20.0 Å². The molecule has 0 saturated carbocycles. The van der Waals surface area contributed by atoms with Crippen molar-refractivity contribution in [3.05, 3.63) is 47.6 Å². The molecule has 2 N–H and O–H groups in total. The van der Waals surface area contributed by atoms with Crippen LogP contribution in [0, 0.1) is 0 Å². The number of hydrogen-bond acceptors (Lipinski definition) is 6. The number of rotatable bonds is 5. The van der Waals surface area contributed by atoms with Gasteiger partial charge in [0.25, 0.3) is 0 Å². The van der Waals surface area contributed by atoms with Crippen LogP contribution in [-0.4, -0.2) is 30.5 Å². The van der Waals surface area contributed by atoms with Gasteiger partial charge in [-0.1, -0.05) is 6.07 Å². The van der Waals surface area contributed by atoms with Crippen molar-refractivity contribution < 1.29 is 13.2 Å². The van der Waals surface area contributed by atoms with Crippen molar-refractivity contribution in [3.63, 3.8) is 0 Å². The van der Waals surface area contributed by atoms with Crippen molar-refractivity contribution in [2.45, 2.75) is 6.42 Å². The van der Waals surface area contributed by atoms with E-state index in [-0.39, 0.29) is 17.5 Å². The minimum Gasteiger partial charge on any atom is -0.325 e. The molecule has 1 aromatic carbocycles. The van der Waals surface area contributed by atoms with Crippen molar-refractivity contribution >= 4 is 49.0 Å². The van der Waals surface area contributed by atoms with Crippen LogP contribution in [0.2, 0.25) is 0 Å². The number of hydrogen-bond donors (Lipinski definition) is 2. The molecule has 7 nitrogen and oxygen atoms in total. The lowest BCUT2D eigenvalue weighted by Crippen LogP contribution is -2.15. The lowest BCUT2D eigenvalue weighted by molar-refractivity contribution is -0.115. The minimum absolute atomic E-state index is 0.0542. The first-order valence-electron chi connectivity index (χ1n) is 6.96. The number of carbonyl (C=O) groups excluding carboxylic acids is 1.